The van der Waals surface area contributed by atoms with Crippen LogP contribution in [-0.4, -0.2) is 5.11 Å². The quantitative estimate of drug-likeness (QED) is 0.670. The minimum Gasteiger partial charge on any atom is -0.508 e. The molecule has 2 nitrogen and oxygen atoms in total. The molecule has 2 rings (SSSR count). The molecule has 1 unspecified atom stereocenters. The Morgan fingerprint density at radius 1 is 1.50 bits per heavy atom. The summed E-state index contributed by atoms with van der Waals surface area (Å²) in [5, 5.41) is 9.45. The summed E-state index contributed by atoms with van der Waals surface area (Å²) >= 11 is 0. The lowest BCUT2D eigenvalue weighted by Crippen LogP contribution is -2.11. The van der Waals surface area contributed by atoms with Crippen molar-refractivity contribution < 1.29 is 5.11 Å². The van der Waals surface area contributed by atoms with Gasteiger partial charge in [-0.2, -0.15) is 0 Å². The fourth-order valence-corrected chi connectivity index (χ4v) is 2.52. The normalized spacial score (nSPS) is 20.5. The second-order valence-corrected chi connectivity index (χ2v) is 4.11. The summed E-state index contributed by atoms with van der Waals surface area (Å²) < 4.78 is 0. The first kappa shape index (κ1) is 9.38. The van der Waals surface area contributed by atoms with E-state index in [0.29, 0.717) is 11.7 Å². The fourth-order valence-electron chi connectivity index (χ4n) is 2.52. The lowest BCUT2D eigenvalue weighted by atomic mass is 9.80. The molecule has 1 aliphatic carbocycles. The Hall–Kier alpha value is -1.18. The van der Waals surface area contributed by atoms with Gasteiger partial charge in [0, 0.05) is 11.8 Å². The third-order valence-corrected chi connectivity index (χ3v) is 3.18. The molecule has 0 heterocycles. The first-order chi connectivity index (χ1) is 6.72. The van der Waals surface area contributed by atoms with Crippen LogP contribution in [-0.2, 0) is 6.42 Å². The van der Waals surface area contributed by atoms with E-state index in [1.165, 1.54) is 24.0 Å². The van der Waals surface area contributed by atoms with E-state index in [1.54, 1.807) is 6.07 Å². The summed E-state index contributed by atoms with van der Waals surface area (Å²) in [5.41, 5.74) is 9.26. The number of nitrogen functional groups attached to an aromatic ring is 1. The summed E-state index contributed by atoms with van der Waals surface area (Å²) in [6, 6.07) is 3.54. The number of hydrogen-bond donors (Lipinski definition) is 2. The van der Waals surface area contributed by atoms with Gasteiger partial charge in [0.05, 0.1) is 0 Å². The van der Waals surface area contributed by atoms with Gasteiger partial charge in [-0.15, -0.1) is 0 Å². The molecule has 0 fully saturated rings. The number of fused-ring (bicyclic) bond motifs is 1. The molecule has 1 aromatic carbocycles. The smallest absolute Gasteiger partial charge is 0.117 e. The maximum absolute atomic E-state index is 9.45. The van der Waals surface area contributed by atoms with E-state index in [-0.39, 0.29) is 0 Å². The standard InChI is InChI=1S/C12H17NO/c1-2-8-4-3-5-9-6-10(14)7-11(13)12(8)9/h6-8,14H,2-5,13H2,1H3. The molecule has 3 N–H and O–H groups in total. The molecule has 1 atom stereocenters. The van der Waals surface area contributed by atoms with E-state index in [4.69, 9.17) is 5.73 Å². The van der Waals surface area contributed by atoms with Gasteiger partial charge in [0.2, 0.25) is 0 Å². The number of rotatable bonds is 1. The molecule has 76 valence electrons. The molecule has 0 radical (unpaired) electrons. The van der Waals surface area contributed by atoms with Crippen molar-refractivity contribution in [3.8, 4) is 5.75 Å². The molecule has 0 saturated carbocycles. The minimum absolute atomic E-state index is 0.304. The summed E-state index contributed by atoms with van der Waals surface area (Å²) in [6.45, 7) is 2.20. The molecule has 2 heteroatoms. The van der Waals surface area contributed by atoms with E-state index < -0.39 is 0 Å². The zero-order chi connectivity index (χ0) is 10.1. The van der Waals surface area contributed by atoms with Crippen LogP contribution in [0.25, 0.3) is 0 Å². The lowest BCUT2D eigenvalue weighted by Gasteiger charge is -2.26. The fraction of sp³-hybridized carbons (Fsp3) is 0.500. The first-order valence-corrected chi connectivity index (χ1v) is 5.33. The van der Waals surface area contributed by atoms with Gasteiger partial charge >= 0.3 is 0 Å². The Balaban J connectivity index is 2.51. The van der Waals surface area contributed by atoms with Gasteiger partial charge in [-0.1, -0.05) is 6.92 Å². The number of benzene rings is 1. The number of anilines is 1. The second kappa shape index (κ2) is 3.52. The predicted molar refractivity (Wildman–Crippen MR) is 58.5 cm³/mol. The number of aromatic hydroxyl groups is 1. The Morgan fingerprint density at radius 3 is 3.00 bits per heavy atom. The maximum atomic E-state index is 9.45. The van der Waals surface area contributed by atoms with Gasteiger partial charge in [-0.3, -0.25) is 0 Å². The Labute approximate surface area is 84.7 Å². The third kappa shape index (κ3) is 1.45. The summed E-state index contributed by atoms with van der Waals surface area (Å²) in [6.07, 6.45) is 4.65. The number of aryl methyl sites for hydroxylation is 1. The molecule has 0 aliphatic heterocycles. The monoisotopic (exact) mass is 191 g/mol. The van der Waals surface area contributed by atoms with Gasteiger partial charge < -0.3 is 10.8 Å². The van der Waals surface area contributed by atoms with Crippen LogP contribution in [0, 0.1) is 0 Å². The van der Waals surface area contributed by atoms with E-state index >= 15 is 0 Å². The van der Waals surface area contributed by atoms with Crippen molar-refractivity contribution in [2.45, 2.75) is 38.5 Å². The molecular formula is C12H17NO. The predicted octanol–water partition coefficient (Wildman–Crippen LogP) is 2.80. The van der Waals surface area contributed by atoms with Crippen LogP contribution in [0.15, 0.2) is 12.1 Å². The van der Waals surface area contributed by atoms with E-state index in [2.05, 4.69) is 6.92 Å². The highest BCUT2D eigenvalue weighted by Crippen LogP contribution is 2.39. The van der Waals surface area contributed by atoms with Crippen molar-refractivity contribution in [3.63, 3.8) is 0 Å². The van der Waals surface area contributed by atoms with Gasteiger partial charge in [0.25, 0.3) is 0 Å². The minimum atomic E-state index is 0.304. The molecule has 0 saturated heterocycles. The molecule has 1 aromatic rings. The number of hydrogen-bond acceptors (Lipinski definition) is 2. The van der Waals surface area contributed by atoms with Crippen molar-refractivity contribution in [1.29, 1.82) is 0 Å². The van der Waals surface area contributed by atoms with Gasteiger partial charge in [0.15, 0.2) is 0 Å². The van der Waals surface area contributed by atoms with Gasteiger partial charge in [-0.25, -0.2) is 0 Å². The molecule has 0 spiro atoms. The van der Waals surface area contributed by atoms with Crippen molar-refractivity contribution >= 4 is 5.69 Å². The molecular weight excluding hydrogens is 174 g/mol. The second-order valence-electron chi connectivity index (χ2n) is 4.11. The van der Waals surface area contributed by atoms with E-state index in [0.717, 1.165) is 18.5 Å². The number of nitrogens with two attached hydrogens (primary N) is 1. The highest BCUT2D eigenvalue weighted by Gasteiger charge is 2.21. The number of phenols is 1. The average molecular weight is 191 g/mol. The van der Waals surface area contributed by atoms with Crippen LogP contribution in [0.1, 0.15) is 43.2 Å². The lowest BCUT2D eigenvalue weighted by molar-refractivity contribution is 0.471. The van der Waals surface area contributed by atoms with Crippen molar-refractivity contribution in [1.82, 2.24) is 0 Å². The molecule has 0 bridgehead atoms. The van der Waals surface area contributed by atoms with Crippen LogP contribution in [0.3, 0.4) is 0 Å². The van der Waals surface area contributed by atoms with Crippen molar-refractivity contribution in [3.05, 3.63) is 23.3 Å². The SMILES string of the molecule is CCC1CCCc2cc(O)cc(N)c21. The third-order valence-electron chi connectivity index (χ3n) is 3.18. The highest BCUT2D eigenvalue weighted by molar-refractivity contribution is 5.57. The van der Waals surface area contributed by atoms with Crippen LogP contribution in [0.4, 0.5) is 5.69 Å². The topological polar surface area (TPSA) is 46.2 Å². The molecule has 0 aromatic heterocycles. The molecule has 14 heavy (non-hydrogen) atoms. The largest absolute Gasteiger partial charge is 0.508 e. The Bertz CT molecular complexity index is 346. The first-order valence-electron chi connectivity index (χ1n) is 5.33. The van der Waals surface area contributed by atoms with Crippen molar-refractivity contribution in [2.24, 2.45) is 0 Å². The highest BCUT2D eigenvalue weighted by atomic mass is 16.3. The Morgan fingerprint density at radius 2 is 2.29 bits per heavy atom. The number of phenolic OH excluding ortho intramolecular Hbond substituents is 1. The Kier molecular flexibility index (Phi) is 2.36. The zero-order valence-electron chi connectivity index (χ0n) is 8.59. The van der Waals surface area contributed by atoms with E-state index in [1.807, 2.05) is 6.07 Å². The molecule has 1 aliphatic rings. The van der Waals surface area contributed by atoms with Crippen LogP contribution < -0.4 is 5.73 Å². The summed E-state index contributed by atoms with van der Waals surface area (Å²) in [5.74, 6) is 0.900. The average Bonchev–Trinajstić information content (AvgIpc) is 2.16. The van der Waals surface area contributed by atoms with Gasteiger partial charge in [0.1, 0.15) is 5.75 Å². The summed E-state index contributed by atoms with van der Waals surface area (Å²) in [7, 11) is 0. The van der Waals surface area contributed by atoms with Crippen LogP contribution in [0.5, 0.6) is 5.75 Å². The van der Waals surface area contributed by atoms with Crippen LogP contribution >= 0.6 is 0 Å². The van der Waals surface area contributed by atoms with Crippen LogP contribution in [0.2, 0.25) is 0 Å². The van der Waals surface area contributed by atoms with Gasteiger partial charge in [-0.05, 0) is 48.8 Å². The molecule has 0 amide bonds. The maximum Gasteiger partial charge on any atom is 0.117 e. The van der Waals surface area contributed by atoms with E-state index in [9.17, 15) is 5.11 Å². The zero-order valence-corrected chi connectivity index (χ0v) is 8.59. The van der Waals surface area contributed by atoms with Crippen molar-refractivity contribution in [2.75, 3.05) is 5.73 Å². The summed E-state index contributed by atoms with van der Waals surface area (Å²) in [4.78, 5) is 0.